The first kappa shape index (κ1) is 22.7. The Morgan fingerprint density at radius 1 is 1.29 bits per heavy atom. The quantitative estimate of drug-likeness (QED) is 0.433. The SMILES string of the molecule is CCCCCCC1CCc2cc(C(O)CC(CO)(CO)NC(C)=O)ccc2O1. The Kier molecular flexibility index (Phi) is 8.73. The molecule has 158 valence electrons. The Bertz CT molecular complexity index is 629. The highest BCUT2D eigenvalue weighted by Gasteiger charge is 2.33. The fourth-order valence-corrected chi connectivity index (χ4v) is 3.84. The molecule has 1 aromatic rings. The van der Waals surface area contributed by atoms with Crippen LogP contribution in [-0.2, 0) is 11.2 Å². The number of hydrogen-bond donors (Lipinski definition) is 4. The topological polar surface area (TPSA) is 99.0 Å². The predicted molar refractivity (Wildman–Crippen MR) is 108 cm³/mol. The summed E-state index contributed by atoms with van der Waals surface area (Å²) in [6, 6.07) is 5.64. The Hall–Kier alpha value is -1.63. The molecular weight excluding hydrogens is 358 g/mol. The fourth-order valence-electron chi connectivity index (χ4n) is 3.84. The molecule has 6 heteroatoms. The zero-order valence-electron chi connectivity index (χ0n) is 17.1. The minimum atomic E-state index is -1.25. The van der Waals surface area contributed by atoms with Crippen LogP contribution >= 0.6 is 0 Å². The number of aliphatic hydroxyl groups is 3. The largest absolute Gasteiger partial charge is 0.490 e. The number of carbonyl (C=O) groups is 1. The molecule has 1 amide bonds. The first-order valence-corrected chi connectivity index (χ1v) is 10.4. The Labute approximate surface area is 167 Å². The number of fused-ring (bicyclic) bond motifs is 1. The molecule has 0 saturated carbocycles. The number of rotatable bonds is 11. The third-order valence-corrected chi connectivity index (χ3v) is 5.51. The number of hydrogen-bond acceptors (Lipinski definition) is 5. The van der Waals surface area contributed by atoms with Gasteiger partial charge in [0.1, 0.15) is 5.75 Å². The molecule has 0 radical (unpaired) electrons. The van der Waals surface area contributed by atoms with Crippen molar-refractivity contribution < 1.29 is 24.9 Å². The normalized spacial score (nSPS) is 17.5. The summed E-state index contributed by atoms with van der Waals surface area (Å²) in [5, 5.41) is 32.5. The maximum atomic E-state index is 11.4. The van der Waals surface area contributed by atoms with Crippen LogP contribution in [0, 0.1) is 0 Å². The monoisotopic (exact) mass is 393 g/mol. The van der Waals surface area contributed by atoms with Crippen LogP contribution in [0.25, 0.3) is 0 Å². The van der Waals surface area contributed by atoms with Gasteiger partial charge in [0.2, 0.25) is 5.91 Å². The lowest BCUT2D eigenvalue weighted by Gasteiger charge is -2.33. The highest BCUT2D eigenvalue weighted by Crippen LogP contribution is 2.33. The van der Waals surface area contributed by atoms with E-state index in [2.05, 4.69) is 12.2 Å². The summed E-state index contributed by atoms with van der Waals surface area (Å²) in [6.07, 6.45) is 7.28. The third-order valence-electron chi connectivity index (χ3n) is 5.51. The Morgan fingerprint density at radius 3 is 2.68 bits per heavy atom. The molecule has 0 aromatic heterocycles. The van der Waals surface area contributed by atoms with Crippen molar-refractivity contribution in [3.8, 4) is 5.75 Å². The molecule has 6 nitrogen and oxygen atoms in total. The summed E-state index contributed by atoms with van der Waals surface area (Å²) in [5.74, 6) is 0.513. The first-order valence-electron chi connectivity index (χ1n) is 10.4. The zero-order valence-corrected chi connectivity index (χ0v) is 17.1. The van der Waals surface area contributed by atoms with E-state index in [1.807, 2.05) is 18.2 Å². The summed E-state index contributed by atoms with van der Waals surface area (Å²) in [7, 11) is 0. The van der Waals surface area contributed by atoms with E-state index in [4.69, 9.17) is 4.74 Å². The Morgan fingerprint density at radius 2 is 2.04 bits per heavy atom. The van der Waals surface area contributed by atoms with Gasteiger partial charge < -0.3 is 25.4 Å². The van der Waals surface area contributed by atoms with Crippen LogP contribution in [0.2, 0.25) is 0 Å². The van der Waals surface area contributed by atoms with Gasteiger partial charge >= 0.3 is 0 Å². The van der Waals surface area contributed by atoms with E-state index >= 15 is 0 Å². The van der Waals surface area contributed by atoms with Crippen molar-refractivity contribution in [2.45, 2.75) is 83.0 Å². The molecule has 28 heavy (non-hydrogen) atoms. The minimum absolute atomic E-state index is 0.0271. The molecule has 0 saturated heterocycles. The van der Waals surface area contributed by atoms with Crippen LogP contribution < -0.4 is 10.1 Å². The van der Waals surface area contributed by atoms with Gasteiger partial charge in [0.05, 0.1) is 31.0 Å². The van der Waals surface area contributed by atoms with Crippen molar-refractivity contribution in [1.29, 1.82) is 0 Å². The molecule has 1 heterocycles. The fraction of sp³-hybridized carbons (Fsp3) is 0.682. The summed E-state index contributed by atoms with van der Waals surface area (Å²) < 4.78 is 6.12. The van der Waals surface area contributed by atoms with Crippen LogP contribution in [0.5, 0.6) is 5.75 Å². The average Bonchev–Trinajstić information content (AvgIpc) is 2.69. The van der Waals surface area contributed by atoms with Crippen molar-refractivity contribution in [1.82, 2.24) is 5.32 Å². The van der Waals surface area contributed by atoms with Crippen molar-refractivity contribution in [3.63, 3.8) is 0 Å². The molecular formula is C22H35NO5. The highest BCUT2D eigenvalue weighted by molar-refractivity contribution is 5.73. The van der Waals surface area contributed by atoms with Crippen molar-refractivity contribution in [2.75, 3.05) is 13.2 Å². The second-order valence-corrected chi connectivity index (χ2v) is 7.99. The number of aryl methyl sites for hydroxylation is 1. The summed E-state index contributed by atoms with van der Waals surface area (Å²) in [6.45, 7) is 2.63. The van der Waals surface area contributed by atoms with Crippen molar-refractivity contribution in [3.05, 3.63) is 29.3 Å². The van der Waals surface area contributed by atoms with Crippen molar-refractivity contribution >= 4 is 5.91 Å². The van der Waals surface area contributed by atoms with E-state index < -0.39 is 24.9 Å². The maximum absolute atomic E-state index is 11.4. The number of benzene rings is 1. The molecule has 1 aromatic carbocycles. The highest BCUT2D eigenvalue weighted by atomic mass is 16.5. The van der Waals surface area contributed by atoms with Crippen LogP contribution in [0.3, 0.4) is 0 Å². The molecule has 2 atom stereocenters. The van der Waals surface area contributed by atoms with Crippen LogP contribution in [0.15, 0.2) is 18.2 Å². The second kappa shape index (κ2) is 10.8. The van der Waals surface area contributed by atoms with Gasteiger partial charge in [0.15, 0.2) is 0 Å². The van der Waals surface area contributed by atoms with E-state index in [9.17, 15) is 20.1 Å². The molecule has 4 N–H and O–H groups in total. The molecule has 0 spiro atoms. The standard InChI is InChI=1S/C22H35NO5/c1-3-4-5-6-7-19-10-8-18-12-17(9-11-21(18)28-19)20(27)13-22(14-24,15-25)23-16(2)26/h9,11-12,19-20,24-25,27H,3-8,10,13-15H2,1-2H3,(H,23,26). The van der Waals surface area contributed by atoms with E-state index in [1.54, 1.807) is 0 Å². The van der Waals surface area contributed by atoms with Crippen molar-refractivity contribution in [2.24, 2.45) is 0 Å². The predicted octanol–water partition coefficient (Wildman–Crippen LogP) is 2.63. The van der Waals surface area contributed by atoms with Gasteiger partial charge in [0.25, 0.3) is 0 Å². The summed E-state index contributed by atoms with van der Waals surface area (Å²) in [5.41, 5.74) is 0.515. The van der Waals surface area contributed by atoms with E-state index in [-0.39, 0.29) is 18.4 Å². The van der Waals surface area contributed by atoms with Gasteiger partial charge in [-0.1, -0.05) is 32.3 Å². The number of aliphatic hydroxyl groups excluding tert-OH is 3. The zero-order chi connectivity index (χ0) is 20.6. The van der Waals surface area contributed by atoms with Crippen LogP contribution in [-0.4, -0.2) is 46.1 Å². The number of carbonyl (C=O) groups excluding carboxylic acids is 1. The third kappa shape index (κ3) is 6.19. The molecule has 0 aliphatic carbocycles. The number of amides is 1. The van der Waals surface area contributed by atoms with E-state index in [1.165, 1.54) is 32.6 Å². The molecule has 1 aliphatic rings. The number of ether oxygens (including phenoxy) is 1. The second-order valence-electron chi connectivity index (χ2n) is 7.99. The molecule has 1 aliphatic heterocycles. The molecule has 2 rings (SSSR count). The number of nitrogens with one attached hydrogen (secondary N) is 1. The smallest absolute Gasteiger partial charge is 0.217 e. The average molecular weight is 394 g/mol. The molecule has 2 unspecified atom stereocenters. The number of unbranched alkanes of at least 4 members (excludes halogenated alkanes) is 3. The minimum Gasteiger partial charge on any atom is -0.490 e. The van der Waals surface area contributed by atoms with E-state index in [0.717, 1.165) is 30.6 Å². The molecule has 0 fully saturated rings. The van der Waals surface area contributed by atoms with Crippen LogP contribution in [0.4, 0.5) is 0 Å². The lowest BCUT2D eigenvalue weighted by molar-refractivity contribution is -0.122. The Balaban J connectivity index is 2.00. The van der Waals surface area contributed by atoms with E-state index in [0.29, 0.717) is 5.56 Å². The van der Waals surface area contributed by atoms with Crippen LogP contribution in [0.1, 0.15) is 76.0 Å². The maximum Gasteiger partial charge on any atom is 0.217 e. The summed E-state index contributed by atoms with van der Waals surface area (Å²) >= 11 is 0. The van der Waals surface area contributed by atoms with Gasteiger partial charge in [-0.15, -0.1) is 0 Å². The first-order chi connectivity index (χ1) is 13.4. The molecule has 0 bridgehead atoms. The lowest BCUT2D eigenvalue weighted by atomic mass is 9.89. The van der Waals surface area contributed by atoms with Gasteiger partial charge in [-0.25, -0.2) is 0 Å². The van der Waals surface area contributed by atoms with Gasteiger partial charge in [-0.3, -0.25) is 4.79 Å². The van der Waals surface area contributed by atoms with Gasteiger partial charge in [0, 0.05) is 13.3 Å². The van der Waals surface area contributed by atoms with Gasteiger partial charge in [-0.05, 0) is 48.9 Å². The lowest BCUT2D eigenvalue weighted by Crippen LogP contribution is -2.54. The van der Waals surface area contributed by atoms with Gasteiger partial charge in [-0.2, -0.15) is 0 Å². The summed E-state index contributed by atoms with van der Waals surface area (Å²) in [4.78, 5) is 11.4.